The molecule has 1 heterocycles. The second-order valence-corrected chi connectivity index (χ2v) is 3.82. The van der Waals surface area contributed by atoms with Gasteiger partial charge in [0.15, 0.2) is 0 Å². The summed E-state index contributed by atoms with van der Waals surface area (Å²) in [5, 5.41) is 3.34. The van der Waals surface area contributed by atoms with Crippen LogP contribution in [0.15, 0.2) is 18.7 Å². The Kier molecular flexibility index (Phi) is 6.04. The zero-order chi connectivity index (χ0) is 10.9. The molecule has 0 aliphatic heterocycles. The summed E-state index contributed by atoms with van der Waals surface area (Å²) in [7, 11) is 0. The predicted molar refractivity (Wildman–Crippen MR) is 60.8 cm³/mol. The maximum absolute atomic E-state index is 5.42. The van der Waals surface area contributed by atoms with E-state index < -0.39 is 0 Å². The highest BCUT2D eigenvalue weighted by Gasteiger charge is 1.93. The number of aromatic nitrogens is 2. The van der Waals surface area contributed by atoms with Gasteiger partial charge in [-0.3, -0.25) is 0 Å². The molecule has 4 nitrogen and oxygen atoms in total. The topological polar surface area (TPSA) is 39.1 Å². The van der Waals surface area contributed by atoms with Crippen molar-refractivity contribution in [2.24, 2.45) is 0 Å². The van der Waals surface area contributed by atoms with Gasteiger partial charge in [-0.15, -0.1) is 0 Å². The Labute approximate surface area is 91.7 Å². The number of nitrogens with zero attached hydrogens (tertiary/aromatic N) is 2. The molecule has 0 unspecified atom stereocenters. The summed E-state index contributed by atoms with van der Waals surface area (Å²) in [5.41, 5.74) is 0. The van der Waals surface area contributed by atoms with Crippen molar-refractivity contribution in [3.8, 4) is 0 Å². The van der Waals surface area contributed by atoms with E-state index >= 15 is 0 Å². The predicted octanol–water partition coefficient (Wildman–Crippen LogP) is 1.29. The SMILES string of the molecule is CC(C)OCCNCCCn1ccnc1. The van der Waals surface area contributed by atoms with Crippen LogP contribution in [0.25, 0.3) is 0 Å². The van der Waals surface area contributed by atoms with Crippen molar-refractivity contribution in [1.82, 2.24) is 14.9 Å². The minimum absolute atomic E-state index is 0.331. The minimum atomic E-state index is 0.331. The molecule has 0 saturated heterocycles. The summed E-state index contributed by atoms with van der Waals surface area (Å²) >= 11 is 0. The third kappa shape index (κ3) is 6.25. The zero-order valence-corrected chi connectivity index (χ0v) is 9.65. The van der Waals surface area contributed by atoms with Crippen molar-refractivity contribution in [3.05, 3.63) is 18.7 Å². The van der Waals surface area contributed by atoms with Crippen LogP contribution in [0.2, 0.25) is 0 Å². The van der Waals surface area contributed by atoms with Gasteiger partial charge < -0.3 is 14.6 Å². The van der Waals surface area contributed by atoms with Crippen LogP contribution in [0.4, 0.5) is 0 Å². The van der Waals surface area contributed by atoms with Gasteiger partial charge in [-0.1, -0.05) is 0 Å². The number of hydrogen-bond donors (Lipinski definition) is 1. The number of rotatable bonds is 8. The molecule has 4 heteroatoms. The summed E-state index contributed by atoms with van der Waals surface area (Å²) < 4.78 is 7.51. The smallest absolute Gasteiger partial charge is 0.0945 e. The molecule has 0 saturated carbocycles. The summed E-state index contributed by atoms with van der Waals surface area (Å²) in [6.07, 6.45) is 7.10. The highest BCUT2D eigenvalue weighted by Crippen LogP contribution is 1.89. The van der Waals surface area contributed by atoms with E-state index in [1.807, 2.05) is 18.7 Å². The van der Waals surface area contributed by atoms with Gasteiger partial charge in [-0.2, -0.15) is 0 Å². The third-order valence-corrected chi connectivity index (χ3v) is 2.06. The first-order chi connectivity index (χ1) is 7.29. The molecule has 86 valence electrons. The first-order valence-electron chi connectivity index (χ1n) is 5.57. The Morgan fingerprint density at radius 1 is 1.40 bits per heavy atom. The third-order valence-electron chi connectivity index (χ3n) is 2.06. The number of hydrogen-bond acceptors (Lipinski definition) is 3. The van der Waals surface area contributed by atoms with Gasteiger partial charge in [0.2, 0.25) is 0 Å². The van der Waals surface area contributed by atoms with E-state index in [2.05, 4.69) is 28.7 Å². The van der Waals surface area contributed by atoms with Gasteiger partial charge in [-0.05, 0) is 26.8 Å². The van der Waals surface area contributed by atoms with E-state index in [0.29, 0.717) is 6.10 Å². The van der Waals surface area contributed by atoms with Crippen LogP contribution in [0.5, 0.6) is 0 Å². The van der Waals surface area contributed by atoms with E-state index in [0.717, 1.165) is 32.7 Å². The molecule has 1 aromatic rings. The van der Waals surface area contributed by atoms with E-state index in [1.54, 1.807) is 0 Å². The van der Waals surface area contributed by atoms with Gasteiger partial charge in [0.05, 0.1) is 19.0 Å². The normalized spacial score (nSPS) is 11.1. The summed E-state index contributed by atoms with van der Waals surface area (Å²) in [6, 6.07) is 0. The first kappa shape index (κ1) is 12.2. The van der Waals surface area contributed by atoms with Crippen molar-refractivity contribution in [3.63, 3.8) is 0 Å². The van der Waals surface area contributed by atoms with Crippen LogP contribution in [0.3, 0.4) is 0 Å². The lowest BCUT2D eigenvalue weighted by molar-refractivity contribution is 0.0808. The molecule has 0 atom stereocenters. The largest absolute Gasteiger partial charge is 0.377 e. The summed E-state index contributed by atoms with van der Waals surface area (Å²) in [6.45, 7) is 7.89. The van der Waals surface area contributed by atoms with E-state index in [9.17, 15) is 0 Å². The molecule has 0 spiro atoms. The van der Waals surface area contributed by atoms with Crippen molar-refractivity contribution in [1.29, 1.82) is 0 Å². The molecular weight excluding hydrogens is 190 g/mol. The van der Waals surface area contributed by atoms with Crippen LogP contribution in [-0.4, -0.2) is 35.4 Å². The molecule has 1 aromatic heterocycles. The van der Waals surface area contributed by atoms with Crippen molar-refractivity contribution in [2.45, 2.75) is 32.9 Å². The number of ether oxygens (including phenoxy) is 1. The summed E-state index contributed by atoms with van der Waals surface area (Å²) in [4.78, 5) is 3.99. The average Bonchev–Trinajstić information content (AvgIpc) is 2.68. The molecule has 0 aliphatic carbocycles. The maximum Gasteiger partial charge on any atom is 0.0945 e. The first-order valence-corrected chi connectivity index (χ1v) is 5.57. The van der Waals surface area contributed by atoms with Crippen LogP contribution in [0.1, 0.15) is 20.3 Å². The Bertz CT molecular complexity index is 234. The van der Waals surface area contributed by atoms with Gasteiger partial charge in [0.25, 0.3) is 0 Å². The molecule has 0 fully saturated rings. The van der Waals surface area contributed by atoms with Gasteiger partial charge >= 0.3 is 0 Å². The van der Waals surface area contributed by atoms with Gasteiger partial charge in [0.1, 0.15) is 0 Å². The average molecular weight is 211 g/mol. The fourth-order valence-electron chi connectivity index (χ4n) is 1.30. The number of nitrogens with one attached hydrogen (secondary N) is 1. The fourth-order valence-corrected chi connectivity index (χ4v) is 1.30. The maximum atomic E-state index is 5.42. The highest BCUT2D eigenvalue weighted by molar-refractivity contribution is 4.73. The number of aryl methyl sites for hydroxylation is 1. The molecule has 15 heavy (non-hydrogen) atoms. The number of imidazole rings is 1. The van der Waals surface area contributed by atoms with Crippen molar-refractivity contribution < 1.29 is 4.74 Å². The molecule has 0 bridgehead atoms. The van der Waals surface area contributed by atoms with Crippen molar-refractivity contribution in [2.75, 3.05) is 19.7 Å². The van der Waals surface area contributed by atoms with Crippen LogP contribution in [-0.2, 0) is 11.3 Å². The van der Waals surface area contributed by atoms with Crippen molar-refractivity contribution >= 4 is 0 Å². The fraction of sp³-hybridized carbons (Fsp3) is 0.727. The van der Waals surface area contributed by atoms with Gasteiger partial charge in [-0.25, -0.2) is 4.98 Å². The highest BCUT2D eigenvalue weighted by atomic mass is 16.5. The quantitative estimate of drug-likeness (QED) is 0.659. The molecule has 1 N–H and O–H groups in total. The molecule has 0 aliphatic rings. The lowest BCUT2D eigenvalue weighted by Crippen LogP contribution is -2.23. The second kappa shape index (κ2) is 7.43. The Morgan fingerprint density at radius 3 is 2.93 bits per heavy atom. The Balaban J connectivity index is 1.85. The zero-order valence-electron chi connectivity index (χ0n) is 9.65. The Morgan fingerprint density at radius 2 is 2.27 bits per heavy atom. The second-order valence-electron chi connectivity index (χ2n) is 3.82. The van der Waals surface area contributed by atoms with Crippen LogP contribution in [0, 0.1) is 0 Å². The standard InChI is InChI=1S/C11H21N3O/c1-11(2)15-9-6-12-4-3-7-14-8-5-13-10-14/h5,8,10-12H,3-4,6-7,9H2,1-2H3. The molecular formula is C11H21N3O. The molecule has 0 amide bonds. The Hall–Kier alpha value is -0.870. The van der Waals surface area contributed by atoms with E-state index in [-0.39, 0.29) is 0 Å². The lowest BCUT2D eigenvalue weighted by atomic mass is 10.4. The van der Waals surface area contributed by atoms with Crippen LogP contribution >= 0.6 is 0 Å². The summed E-state index contributed by atoms with van der Waals surface area (Å²) in [5.74, 6) is 0. The molecule has 1 rings (SSSR count). The minimum Gasteiger partial charge on any atom is -0.377 e. The van der Waals surface area contributed by atoms with E-state index in [1.165, 1.54) is 0 Å². The van der Waals surface area contributed by atoms with Crippen LogP contribution < -0.4 is 5.32 Å². The van der Waals surface area contributed by atoms with Gasteiger partial charge in [0, 0.05) is 25.5 Å². The lowest BCUT2D eigenvalue weighted by Gasteiger charge is -2.08. The molecule has 0 radical (unpaired) electrons. The monoisotopic (exact) mass is 211 g/mol. The molecule has 0 aromatic carbocycles. The van der Waals surface area contributed by atoms with E-state index in [4.69, 9.17) is 4.74 Å².